The highest BCUT2D eigenvalue weighted by molar-refractivity contribution is 9.09. The van der Waals surface area contributed by atoms with Crippen molar-refractivity contribution in [3.8, 4) is 0 Å². The quantitative estimate of drug-likeness (QED) is 0.782. The molecule has 0 aliphatic heterocycles. The van der Waals surface area contributed by atoms with Gasteiger partial charge in [0.25, 0.3) is 10.0 Å². The van der Waals surface area contributed by atoms with Crippen molar-refractivity contribution in [3.63, 3.8) is 0 Å². The Morgan fingerprint density at radius 3 is 2.75 bits per heavy atom. The van der Waals surface area contributed by atoms with Gasteiger partial charge in [-0.25, -0.2) is 18.1 Å². The fourth-order valence-electron chi connectivity index (χ4n) is 1.26. The third-order valence-electron chi connectivity index (χ3n) is 1.98. The van der Waals surface area contributed by atoms with Gasteiger partial charge < -0.3 is 4.98 Å². The molecule has 0 radical (unpaired) electrons. The second-order valence-electron chi connectivity index (χ2n) is 3.99. The third-order valence-corrected chi connectivity index (χ3v) is 4.03. The number of sulfonamides is 1. The van der Waals surface area contributed by atoms with E-state index in [0.717, 1.165) is 6.42 Å². The SMILES string of the molecule is CC(C)CC(Br)CNS(=O)(=O)c1cnc[nH]1. The zero-order valence-electron chi connectivity index (χ0n) is 9.27. The van der Waals surface area contributed by atoms with E-state index < -0.39 is 10.0 Å². The third kappa shape index (κ3) is 4.23. The van der Waals surface area contributed by atoms with Gasteiger partial charge in [0.05, 0.1) is 12.5 Å². The number of nitrogens with one attached hydrogen (secondary N) is 2. The highest BCUT2D eigenvalue weighted by Crippen LogP contribution is 2.12. The highest BCUT2D eigenvalue weighted by atomic mass is 79.9. The molecule has 1 rings (SSSR count). The lowest BCUT2D eigenvalue weighted by Gasteiger charge is -2.12. The predicted octanol–water partition coefficient (Wildman–Crippen LogP) is 1.50. The van der Waals surface area contributed by atoms with Crippen molar-refractivity contribution in [2.45, 2.75) is 30.1 Å². The molecule has 0 saturated heterocycles. The summed E-state index contributed by atoms with van der Waals surface area (Å²) in [6, 6.07) is 0. The van der Waals surface area contributed by atoms with Gasteiger partial charge >= 0.3 is 0 Å². The molecule has 0 aliphatic carbocycles. The van der Waals surface area contributed by atoms with Crippen molar-refractivity contribution in [2.24, 2.45) is 5.92 Å². The lowest BCUT2D eigenvalue weighted by molar-refractivity contribution is 0.550. The Labute approximate surface area is 104 Å². The smallest absolute Gasteiger partial charge is 0.257 e. The number of halogens is 1. The van der Waals surface area contributed by atoms with E-state index >= 15 is 0 Å². The molecule has 1 atom stereocenters. The molecule has 0 saturated carbocycles. The molecule has 1 heterocycles. The summed E-state index contributed by atoms with van der Waals surface area (Å²) in [7, 11) is -3.45. The number of H-pyrrole nitrogens is 1. The first-order chi connectivity index (χ1) is 7.42. The minimum absolute atomic E-state index is 0.0942. The highest BCUT2D eigenvalue weighted by Gasteiger charge is 2.17. The van der Waals surface area contributed by atoms with Crippen LogP contribution in [0.4, 0.5) is 0 Å². The Kier molecular flexibility index (Phi) is 4.94. The Morgan fingerprint density at radius 1 is 1.56 bits per heavy atom. The first-order valence-corrected chi connectivity index (χ1v) is 7.44. The lowest BCUT2D eigenvalue weighted by Crippen LogP contribution is -2.30. The fourth-order valence-corrected chi connectivity index (χ4v) is 3.37. The molecule has 0 aliphatic rings. The van der Waals surface area contributed by atoms with E-state index in [2.05, 4.69) is 44.5 Å². The first-order valence-electron chi connectivity index (χ1n) is 5.04. The number of hydrogen-bond donors (Lipinski definition) is 2. The molecule has 0 bridgehead atoms. The Balaban J connectivity index is 2.49. The van der Waals surface area contributed by atoms with Crippen LogP contribution in [0.3, 0.4) is 0 Å². The van der Waals surface area contributed by atoms with Crippen molar-refractivity contribution in [1.29, 1.82) is 0 Å². The number of hydrogen-bond acceptors (Lipinski definition) is 3. The van der Waals surface area contributed by atoms with Crippen molar-refractivity contribution >= 4 is 26.0 Å². The van der Waals surface area contributed by atoms with E-state index in [1.54, 1.807) is 0 Å². The maximum Gasteiger partial charge on any atom is 0.257 e. The number of imidazole rings is 1. The van der Waals surface area contributed by atoms with E-state index in [9.17, 15) is 8.42 Å². The van der Waals surface area contributed by atoms with Crippen molar-refractivity contribution in [3.05, 3.63) is 12.5 Å². The van der Waals surface area contributed by atoms with Gasteiger partial charge in [0.1, 0.15) is 0 Å². The van der Waals surface area contributed by atoms with Crippen LogP contribution in [-0.2, 0) is 10.0 Å². The monoisotopic (exact) mass is 309 g/mol. The van der Waals surface area contributed by atoms with Crippen molar-refractivity contribution in [2.75, 3.05) is 6.54 Å². The van der Waals surface area contributed by atoms with Crippen LogP contribution in [0.2, 0.25) is 0 Å². The van der Waals surface area contributed by atoms with Crippen LogP contribution >= 0.6 is 15.9 Å². The van der Waals surface area contributed by atoms with E-state index in [4.69, 9.17) is 0 Å². The summed E-state index contributed by atoms with van der Waals surface area (Å²) in [6.07, 6.45) is 3.55. The fraction of sp³-hybridized carbons (Fsp3) is 0.667. The van der Waals surface area contributed by atoms with Gasteiger partial charge in [0.15, 0.2) is 5.03 Å². The van der Waals surface area contributed by atoms with Gasteiger partial charge in [-0.15, -0.1) is 0 Å². The van der Waals surface area contributed by atoms with Crippen molar-refractivity contribution < 1.29 is 8.42 Å². The van der Waals surface area contributed by atoms with Crippen LogP contribution in [0.25, 0.3) is 0 Å². The molecule has 1 aromatic heterocycles. The topological polar surface area (TPSA) is 74.8 Å². The molecular weight excluding hydrogens is 294 g/mol. The van der Waals surface area contributed by atoms with E-state index in [-0.39, 0.29) is 9.85 Å². The summed E-state index contributed by atoms with van der Waals surface area (Å²) in [6.45, 7) is 4.56. The van der Waals surface area contributed by atoms with E-state index in [1.807, 2.05) is 0 Å². The second-order valence-corrected chi connectivity index (χ2v) is 7.02. The molecule has 0 fully saturated rings. The van der Waals surface area contributed by atoms with Gasteiger partial charge in [-0.2, -0.15) is 0 Å². The molecule has 16 heavy (non-hydrogen) atoms. The minimum Gasteiger partial charge on any atom is -0.335 e. The number of alkyl halides is 1. The first kappa shape index (κ1) is 13.7. The van der Waals surface area contributed by atoms with Crippen LogP contribution in [0.5, 0.6) is 0 Å². The summed E-state index contributed by atoms with van der Waals surface area (Å²) >= 11 is 3.44. The van der Waals surface area contributed by atoms with Gasteiger partial charge in [0, 0.05) is 11.4 Å². The molecule has 0 aromatic carbocycles. The average molecular weight is 310 g/mol. The summed E-state index contributed by atoms with van der Waals surface area (Å²) in [5.74, 6) is 0.529. The molecular formula is C9H16BrN3O2S. The lowest BCUT2D eigenvalue weighted by atomic mass is 10.1. The van der Waals surface area contributed by atoms with Crippen LogP contribution in [0.1, 0.15) is 20.3 Å². The predicted molar refractivity (Wildman–Crippen MR) is 65.9 cm³/mol. The zero-order chi connectivity index (χ0) is 12.2. The molecule has 7 heteroatoms. The Bertz CT molecular complexity index is 402. The molecule has 0 amide bonds. The summed E-state index contributed by atoms with van der Waals surface area (Å²) < 4.78 is 25.9. The normalized spacial score (nSPS) is 14.2. The van der Waals surface area contributed by atoms with Gasteiger partial charge in [-0.05, 0) is 12.3 Å². The summed E-state index contributed by atoms with van der Waals surface area (Å²) in [4.78, 5) is 6.39. The maximum absolute atomic E-state index is 11.7. The summed E-state index contributed by atoms with van der Waals surface area (Å²) in [5, 5.41) is 0.0942. The molecule has 1 unspecified atom stereocenters. The van der Waals surface area contributed by atoms with Crippen LogP contribution in [-0.4, -0.2) is 29.8 Å². The van der Waals surface area contributed by atoms with Gasteiger partial charge in [0.2, 0.25) is 0 Å². The van der Waals surface area contributed by atoms with Crippen LogP contribution in [0.15, 0.2) is 17.6 Å². The minimum atomic E-state index is -3.45. The van der Waals surface area contributed by atoms with E-state index in [1.165, 1.54) is 12.5 Å². The average Bonchev–Trinajstić information content (AvgIpc) is 2.67. The molecule has 0 spiro atoms. The van der Waals surface area contributed by atoms with Crippen LogP contribution in [0, 0.1) is 5.92 Å². The van der Waals surface area contributed by atoms with Gasteiger partial charge in [-0.1, -0.05) is 29.8 Å². The number of nitrogens with zero attached hydrogens (tertiary/aromatic N) is 1. The standard InChI is InChI=1S/C9H16BrN3O2S/c1-7(2)3-8(10)4-13-16(14,15)9-5-11-6-12-9/h5-8,13H,3-4H2,1-2H3,(H,11,12). The zero-order valence-corrected chi connectivity index (χ0v) is 11.7. The molecule has 92 valence electrons. The Hall–Kier alpha value is -0.400. The number of aromatic nitrogens is 2. The molecule has 1 aromatic rings. The number of aromatic amines is 1. The van der Waals surface area contributed by atoms with Crippen LogP contribution < -0.4 is 4.72 Å². The molecule has 2 N–H and O–H groups in total. The maximum atomic E-state index is 11.7. The van der Waals surface area contributed by atoms with Crippen molar-refractivity contribution in [1.82, 2.24) is 14.7 Å². The number of rotatable bonds is 6. The largest absolute Gasteiger partial charge is 0.335 e. The Morgan fingerprint density at radius 2 is 2.25 bits per heavy atom. The second kappa shape index (κ2) is 5.79. The summed E-state index contributed by atoms with van der Waals surface area (Å²) in [5.41, 5.74) is 0. The van der Waals surface area contributed by atoms with E-state index in [0.29, 0.717) is 12.5 Å². The molecule has 5 nitrogen and oxygen atoms in total. The van der Waals surface area contributed by atoms with Gasteiger partial charge in [-0.3, -0.25) is 0 Å².